The number of hydrogen-bond acceptors (Lipinski definition) is 10. The van der Waals surface area contributed by atoms with Crippen LogP contribution >= 0.6 is 11.6 Å². The van der Waals surface area contributed by atoms with Crippen LogP contribution in [-0.2, 0) is 9.59 Å². The summed E-state index contributed by atoms with van der Waals surface area (Å²) in [4.78, 5) is 71.6. The van der Waals surface area contributed by atoms with Crippen LogP contribution < -0.4 is 25.2 Å². The molecule has 1 unspecified atom stereocenters. The fourth-order valence-corrected chi connectivity index (χ4v) is 10.3. The van der Waals surface area contributed by atoms with Crippen LogP contribution in [-0.4, -0.2) is 103 Å². The van der Waals surface area contributed by atoms with Gasteiger partial charge in [-0.05, 0) is 67.3 Å². The molecule has 1 aliphatic carbocycles. The number of carbonyl (C=O) groups is 5. The third-order valence-corrected chi connectivity index (χ3v) is 13.3. The number of ether oxygens (including phenoxy) is 1. The molecule has 0 radical (unpaired) electrons. The summed E-state index contributed by atoms with van der Waals surface area (Å²) < 4.78 is 21.9. The highest BCUT2D eigenvalue weighted by Gasteiger charge is 2.64. The Balaban J connectivity index is 0.818. The number of nitrogens with zero attached hydrogens (tertiary/aromatic N) is 5. The summed E-state index contributed by atoms with van der Waals surface area (Å²) in [5.41, 5.74) is 1.53. The van der Waals surface area contributed by atoms with Crippen molar-refractivity contribution in [3.63, 3.8) is 0 Å². The first-order chi connectivity index (χ1) is 28.1. The molecule has 2 N–H and O–H groups in total. The van der Waals surface area contributed by atoms with E-state index in [2.05, 4.69) is 54.2 Å². The number of imide groups is 2. The zero-order valence-corrected chi connectivity index (χ0v) is 34.3. The Morgan fingerprint density at radius 1 is 0.915 bits per heavy atom. The van der Waals surface area contributed by atoms with Gasteiger partial charge in [-0.25, -0.2) is 4.39 Å². The molecule has 308 valence electrons. The van der Waals surface area contributed by atoms with Gasteiger partial charge in [0.05, 0.1) is 27.4 Å². The number of carbonyl (C=O) groups excluding carboxylic acids is 5. The van der Waals surface area contributed by atoms with Crippen LogP contribution in [0.5, 0.6) is 5.75 Å². The number of nitriles is 1. The minimum atomic E-state index is -1.10. The minimum Gasteiger partial charge on any atom is -0.489 e. The average Bonchev–Trinajstić information content (AvgIpc) is 3.76. The zero-order valence-electron chi connectivity index (χ0n) is 33.5. The summed E-state index contributed by atoms with van der Waals surface area (Å²) in [6.07, 6.45) is 0.701. The van der Waals surface area contributed by atoms with Gasteiger partial charge in [-0.15, -0.1) is 0 Å². The summed E-state index contributed by atoms with van der Waals surface area (Å²) >= 11 is 6.24. The number of anilines is 2. The van der Waals surface area contributed by atoms with E-state index in [0.29, 0.717) is 35.0 Å². The molecular formula is C44H47ClFN7O6. The lowest BCUT2D eigenvalue weighted by atomic mass is 9.49. The van der Waals surface area contributed by atoms with Gasteiger partial charge in [-0.2, -0.15) is 5.26 Å². The number of rotatable bonds is 9. The summed E-state index contributed by atoms with van der Waals surface area (Å²) in [5, 5.41) is 15.0. The molecule has 3 aromatic carbocycles. The first-order valence-electron chi connectivity index (χ1n) is 20.1. The van der Waals surface area contributed by atoms with Crippen molar-refractivity contribution in [2.75, 3.05) is 55.6 Å². The second-order valence-corrected chi connectivity index (χ2v) is 17.9. The van der Waals surface area contributed by atoms with E-state index in [9.17, 15) is 29.2 Å². The van der Waals surface area contributed by atoms with Crippen molar-refractivity contribution < 1.29 is 33.1 Å². The van der Waals surface area contributed by atoms with Crippen molar-refractivity contribution in [2.24, 2.45) is 16.7 Å². The second-order valence-electron chi connectivity index (χ2n) is 17.5. The monoisotopic (exact) mass is 823 g/mol. The van der Waals surface area contributed by atoms with E-state index in [-0.39, 0.29) is 64.5 Å². The lowest BCUT2D eigenvalue weighted by molar-refractivity contribution is -0.164. The Hall–Kier alpha value is -5.52. The van der Waals surface area contributed by atoms with Gasteiger partial charge < -0.3 is 19.9 Å². The molecular weight excluding hydrogens is 777 g/mol. The van der Waals surface area contributed by atoms with Crippen molar-refractivity contribution >= 4 is 52.5 Å². The number of piperidine rings is 1. The van der Waals surface area contributed by atoms with E-state index < -0.39 is 35.5 Å². The Kier molecular flexibility index (Phi) is 10.4. The fraction of sp³-hybridized carbons (Fsp3) is 0.455. The Morgan fingerprint density at radius 2 is 1.59 bits per heavy atom. The van der Waals surface area contributed by atoms with Crippen molar-refractivity contribution in [1.29, 1.82) is 5.26 Å². The van der Waals surface area contributed by atoms with Gasteiger partial charge in [-0.3, -0.25) is 39.1 Å². The van der Waals surface area contributed by atoms with E-state index in [1.54, 1.807) is 18.2 Å². The number of piperazine rings is 1. The van der Waals surface area contributed by atoms with Crippen molar-refractivity contribution in [3.8, 4) is 11.8 Å². The van der Waals surface area contributed by atoms with Gasteiger partial charge in [0.15, 0.2) is 0 Å². The molecule has 0 bridgehead atoms. The lowest BCUT2D eigenvalue weighted by Crippen LogP contribution is -2.74. The minimum absolute atomic E-state index is 0.0131. The largest absolute Gasteiger partial charge is 0.489 e. The predicted molar refractivity (Wildman–Crippen MR) is 218 cm³/mol. The number of nitrogens with one attached hydrogen (secondary N) is 2. The molecule has 8 rings (SSSR count). The third kappa shape index (κ3) is 7.29. The first kappa shape index (κ1) is 40.3. The van der Waals surface area contributed by atoms with Gasteiger partial charge in [0.25, 0.3) is 17.7 Å². The van der Waals surface area contributed by atoms with Crippen LogP contribution in [0.15, 0.2) is 54.6 Å². The van der Waals surface area contributed by atoms with E-state index >= 15 is 4.39 Å². The normalized spacial score (nSPS) is 25.0. The highest BCUT2D eigenvalue weighted by molar-refractivity contribution is 6.31. The van der Waals surface area contributed by atoms with E-state index in [4.69, 9.17) is 16.3 Å². The van der Waals surface area contributed by atoms with Crippen LogP contribution in [0.4, 0.5) is 15.8 Å². The van der Waals surface area contributed by atoms with Crippen LogP contribution in [0, 0.1) is 33.9 Å². The van der Waals surface area contributed by atoms with Crippen LogP contribution in [0.25, 0.3) is 0 Å². The maximum Gasteiger partial charge on any atom is 0.262 e. The number of halogens is 2. The molecule has 2 atom stereocenters. The van der Waals surface area contributed by atoms with Crippen LogP contribution in [0.3, 0.4) is 0 Å². The Bertz CT molecular complexity index is 2270. The second kappa shape index (κ2) is 15.3. The lowest BCUT2D eigenvalue weighted by Gasteiger charge is -2.63. The summed E-state index contributed by atoms with van der Waals surface area (Å²) in [6.45, 7) is 13.7. The van der Waals surface area contributed by atoms with E-state index in [1.165, 1.54) is 6.07 Å². The Labute approximate surface area is 347 Å². The molecule has 3 saturated heterocycles. The third-order valence-electron chi connectivity index (χ3n) is 12.9. The highest BCUT2D eigenvalue weighted by Crippen LogP contribution is 2.55. The molecule has 13 nitrogen and oxygen atoms in total. The van der Waals surface area contributed by atoms with Gasteiger partial charge in [0, 0.05) is 86.4 Å². The predicted octanol–water partition coefficient (Wildman–Crippen LogP) is 5.01. The van der Waals surface area contributed by atoms with Gasteiger partial charge in [0.2, 0.25) is 11.8 Å². The SMILES string of the molecule is CC1(C)C(NC(=O)c2ccc(N3CCN(C[C@@H]4CCN(c5cc6c(cc5F)C(=O)N(C5CCC(=O)NC5=O)C6=O)C4)CC3)cc2)C(C)(C)C1Oc1ccc(C#N)c(Cl)c1. The standard InChI is InChI=1S/C44H47ClFN7O6/c1-43(2)41(44(3,4)42(43)59-29-10-7-27(22-47)32(45)19-29)49-37(55)26-5-8-28(9-6-26)51-17-15-50(16-18-51)23-25-13-14-52(24-25)35-21-31-30(20-33(35)46)39(57)53(40(31)58)34-11-12-36(54)48-38(34)56/h5-10,19-21,25,34,41-42H,11-18,23-24H2,1-4H3,(H,49,55)(H,48,54,56)/t25-,34?,41?,42?/m0/s1. The first-order valence-corrected chi connectivity index (χ1v) is 20.5. The van der Waals surface area contributed by atoms with Crippen LogP contribution in [0.2, 0.25) is 5.02 Å². The zero-order chi connectivity index (χ0) is 42.0. The molecule has 59 heavy (non-hydrogen) atoms. The molecule has 5 aliphatic rings. The molecule has 15 heteroatoms. The molecule has 0 spiro atoms. The molecule has 5 amide bonds. The van der Waals surface area contributed by atoms with Crippen molar-refractivity contribution in [3.05, 3.63) is 87.7 Å². The van der Waals surface area contributed by atoms with E-state index in [0.717, 1.165) is 55.8 Å². The molecule has 4 fully saturated rings. The number of hydrogen-bond donors (Lipinski definition) is 2. The topological polar surface area (TPSA) is 155 Å². The molecule has 1 saturated carbocycles. The average molecular weight is 824 g/mol. The van der Waals surface area contributed by atoms with Crippen molar-refractivity contribution in [2.45, 2.75) is 65.1 Å². The quantitative estimate of drug-likeness (QED) is 0.282. The maximum absolute atomic E-state index is 15.5. The molecule has 4 aliphatic heterocycles. The summed E-state index contributed by atoms with van der Waals surface area (Å²) in [5.74, 6) is -2.40. The highest BCUT2D eigenvalue weighted by atomic mass is 35.5. The van der Waals surface area contributed by atoms with Crippen molar-refractivity contribution in [1.82, 2.24) is 20.4 Å². The summed E-state index contributed by atoms with van der Waals surface area (Å²) in [7, 11) is 0. The van der Waals surface area contributed by atoms with Gasteiger partial charge >= 0.3 is 0 Å². The van der Waals surface area contributed by atoms with Gasteiger partial charge in [0.1, 0.15) is 29.8 Å². The number of fused-ring (bicyclic) bond motifs is 1. The van der Waals surface area contributed by atoms with Gasteiger partial charge in [-0.1, -0.05) is 39.3 Å². The summed E-state index contributed by atoms with van der Waals surface area (Å²) in [6, 6.07) is 16.1. The molecule has 4 heterocycles. The van der Waals surface area contributed by atoms with Crippen LogP contribution in [0.1, 0.15) is 83.6 Å². The smallest absolute Gasteiger partial charge is 0.262 e. The number of amides is 5. The number of benzene rings is 3. The fourth-order valence-electron chi connectivity index (χ4n) is 10.1. The Morgan fingerprint density at radius 3 is 2.24 bits per heavy atom. The molecule has 3 aromatic rings. The molecule has 0 aromatic heterocycles. The maximum atomic E-state index is 15.5. The van der Waals surface area contributed by atoms with E-state index in [1.807, 2.05) is 29.2 Å².